The molecule has 1 aromatic carbocycles. The molecule has 1 saturated heterocycles. The standard InChI is InChI=1S/C21H28N4O2/c1-4-5-6-20(26)24-17-9-11-25(12-10-17)21(27)16-7-8-18-19(13-16)23-15(3)14(2)22-18/h7-8,13,17H,4-6,9-12H2,1-3H3,(H,24,26). The van der Waals surface area contributed by atoms with Gasteiger partial charge in [-0.25, -0.2) is 9.97 Å². The molecule has 1 N–H and O–H groups in total. The Hall–Kier alpha value is -2.50. The van der Waals surface area contributed by atoms with E-state index in [1.54, 1.807) is 0 Å². The van der Waals surface area contributed by atoms with Crippen molar-refractivity contribution in [2.24, 2.45) is 0 Å². The summed E-state index contributed by atoms with van der Waals surface area (Å²) in [5.41, 5.74) is 3.99. The quantitative estimate of drug-likeness (QED) is 0.880. The third-order valence-corrected chi connectivity index (χ3v) is 5.23. The number of carbonyl (C=O) groups is 2. The summed E-state index contributed by atoms with van der Waals surface area (Å²) >= 11 is 0. The number of carbonyl (C=O) groups excluding carboxylic acids is 2. The molecule has 0 bridgehead atoms. The molecule has 1 aliphatic rings. The molecule has 144 valence electrons. The molecule has 0 aliphatic carbocycles. The molecule has 2 heterocycles. The topological polar surface area (TPSA) is 75.2 Å². The van der Waals surface area contributed by atoms with Crippen LogP contribution in [-0.4, -0.2) is 45.8 Å². The van der Waals surface area contributed by atoms with Crippen molar-refractivity contribution in [3.63, 3.8) is 0 Å². The molecule has 6 nitrogen and oxygen atoms in total. The summed E-state index contributed by atoms with van der Waals surface area (Å²) in [6.07, 6.45) is 4.14. The fourth-order valence-corrected chi connectivity index (χ4v) is 3.41. The maximum Gasteiger partial charge on any atom is 0.253 e. The van der Waals surface area contributed by atoms with Gasteiger partial charge in [0.1, 0.15) is 0 Å². The SMILES string of the molecule is CCCCC(=O)NC1CCN(C(=O)c2ccc3nc(C)c(C)nc3c2)CC1. The number of hydrogen-bond acceptors (Lipinski definition) is 4. The Morgan fingerprint density at radius 3 is 2.44 bits per heavy atom. The van der Waals surface area contributed by atoms with Gasteiger partial charge in [-0.15, -0.1) is 0 Å². The molecule has 0 atom stereocenters. The van der Waals surface area contributed by atoms with Crippen molar-refractivity contribution in [3.05, 3.63) is 35.2 Å². The molecular weight excluding hydrogens is 340 g/mol. The van der Waals surface area contributed by atoms with Crippen molar-refractivity contribution in [2.45, 2.75) is 58.9 Å². The molecule has 0 radical (unpaired) electrons. The lowest BCUT2D eigenvalue weighted by molar-refractivity contribution is -0.122. The molecule has 1 aliphatic heterocycles. The van der Waals surface area contributed by atoms with Crippen LogP contribution in [0.3, 0.4) is 0 Å². The minimum Gasteiger partial charge on any atom is -0.353 e. The molecule has 6 heteroatoms. The summed E-state index contributed by atoms with van der Waals surface area (Å²) in [5, 5.41) is 3.09. The average molecular weight is 368 g/mol. The molecule has 0 unspecified atom stereocenters. The summed E-state index contributed by atoms with van der Waals surface area (Å²) in [4.78, 5) is 35.7. The van der Waals surface area contributed by atoms with E-state index in [1.165, 1.54) is 0 Å². The first-order valence-electron chi connectivity index (χ1n) is 9.81. The minimum absolute atomic E-state index is 0.0210. The Bertz CT molecular complexity index is 841. The normalized spacial score (nSPS) is 15.1. The average Bonchev–Trinajstić information content (AvgIpc) is 2.67. The Labute approximate surface area is 160 Å². The molecule has 3 rings (SSSR count). The first kappa shape index (κ1) is 19.3. The van der Waals surface area contributed by atoms with Crippen LogP contribution in [0.25, 0.3) is 11.0 Å². The maximum atomic E-state index is 12.9. The number of rotatable bonds is 5. The fourth-order valence-electron chi connectivity index (χ4n) is 3.41. The number of amides is 2. The van der Waals surface area contributed by atoms with E-state index in [2.05, 4.69) is 22.2 Å². The number of nitrogens with zero attached hydrogens (tertiary/aromatic N) is 3. The van der Waals surface area contributed by atoms with Crippen molar-refractivity contribution in [1.29, 1.82) is 0 Å². The number of benzene rings is 1. The van der Waals surface area contributed by atoms with Gasteiger partial charge in [0, 0.05) is 31.1 Å². The second-order valence-corrected chi connectivity index (χ2v) is 7.34. The molecule has 2 aromatic rings. The van der Waals surface area contributed by atoms with Crippen LogP contribution >= 0.6 is 0 Å². The van der Waals surface area contributed by atoms with Crippen molar-refractivity contribution >= 4 is 22.8 Å². The third-order valence-electron chi connectivity index (χ3n) is 5.23. The highest BCUT2D eigenvalue weighted by Crippen LogP contribution is 2.18. The van der Waals surface area contributed by atoms with Gasteiger partial charge < -0.3 is 10.2 Å². The highest BCUT2D eigenvalue weighted by molar-refractivity contribution is 5.97. The number of fused-ring (bicyclic) bond motifs is 1. The van der Waals surface area contributed by atoms with E-state index >= 15 is 0 Å². The lowest BCUT2D eigenvalue weighted by Crippen LogP contribution is -2.46. The van der Waals surface area contributed by atoms with Crippen LogP contribution in [0.15, 0.2) is 18.2 Å². The lowest BCUT2D eigenvalue weighted by Gasteiger charge is -2.32. The van der Waals surface area contributed by atoms with Gasteiger partial charge in [-0.3, -0.25) is 9.59 Å². The van der Waals surface area contributed by atoms with E-state index < -0.39 is 0 Å². The lowest BCUT2D eigenvalue weighted by atomic mass is 10.0. The van der Waals surface area contributed by atoms with Crippen LogP contribution in [-0.2, 0) is 4.79 Å². The smallest absolute Gasteiger partial charge is 0.253 e. The molecular formula is C21H28N4O2. The van der Waals surface area contributed by atoms with E-state index in [-0.39, 0.29) is 17.9 Å². The molecule has 2 amide bonds. The largest absolute Gasteiger partial charge is 0.353 e. The summed E-state index contributed by atoms with van der Waals surface area (Å²) < 4.78 is 0. The number of nitrogens with one attached hydrogen (secondary N) is 1. The predicted molar refractivity (Wildman–Crippen MR) is 106 cm³/mol. The number of hydrogen-bond donors (Lipinski definition) is 1. The van der Waals surface area contributed by atoms with Gasteiger partial charge in [0.05, 0.1) is 22.4 Å². The highest BCUT2D eigenvalue weighted by atomic mass is 16.2. The Morgan fingerprint density at radius 1 is 1.11 bits per heavy atom. The van der Waals surface area contributed by atoms with E-state index in [9.17, 15) is 9.59 Å². The van der Waals surface area contributed by atoms with E-state index in [0.717, 1.165) is 48.1 Å². The number of likely N-dealkylation sites (tertiary alicyclic amines) is 1. The first-order chi connectivity index (χ1) is 13.0. The monoisotopic (exact) mass is 368 g/mol. The number of unbranched alkanes of at least 4 members (excludes halogenated alkanes) is 1. The summed E-state index contributed by atoms with van der Waals surface area (Å²) in [6, 6.07) is 5.69. The number of piperidine rings is 1. The van der Waals surface area contributed by atoms with Crippen molar-refractivity contribution in [1.82, 2.24) is 20.2 Å². The fraction of sp³-hybridized carbons (Fsp3) is 0.524. The van der Waals surface area contributed by atoms with Crippen LogP contribution in [0.4, 0.5) is 0 Å². The van der Waals surface area contributed by atoms with Crippen LogP contribution < -0.4 is 5.32 Å². The van der Waals surface area contributed by atoms with Crippen LogP contribution in [0.1, 0.15) is 60.8 Å². The number of aryl methyl sites for hydroxylation is 2. The Morgan fingerprint density at radius 2 is 1.78 bits per heavy atom. The second-order valence-electron chi connectivity index (χ2n) is 7.34. The van der Waals surface area contributed by atoms with Crippen LogP contribution in [0.5, 0.6) is 0 Å². The van der Waals surface area contributed by atoms with Gasteiger partial charge in [0.15, 0.2) is 0 Å². The summed E-state index contributed by atoms with van der Waals surface area (Å²) in [7, 11) is 0. The van der Waals surface area contributed by atoms with Crippen molar-refractivity contribution in [2.75, 3.05) is 13.1 Å². The van der Waals surface area contributed by atoms with Crippen molar-refractivity contribution in [3.8, 4) is 0 Å². The van der Waals surface area contributed by atoms with Crippen LogP contribution in [0, 0.1) is 13.8 Å². The van der Waals surface area contributed by atoms with Crippen LogP contribution in [0.2, 0.25) is 0 Å². The van der Waals surface area contributed by atoms with Gasteiger partial charge >= 0.3 is 0 Å². The van der Waals surface area contributed by atoms with Crippen molar-refractivity contribution < 1.29 is 9.59 Å². The zero-order valence-electron chi connectivity index (χ0n) is 16.4. The van der Waals surface area contributed by atoms with Gasteiger partial charge in [-0.05, 0) is 51.3 Å². The second kappa shape index (κ2) is 8.46. The molecule has 1 aromatic heterocycles. The minimum atomic E-state index is 0.0210. The first-order valence-corrected chi connectivity index (χ1v) is 9.81. The van der Waals surface area contributed by atoms with Gasteiger partial charge in [0.25, 0.3) is 5.91 Å². The summed E-state index contributed by atoms with van der Waals surface area (Å²) in [5.74, 6) is 0.146. The molecule has 1 fully saturated rings. The summed E-state index contributed by atoms with van der Waals surface area (Å²) in [6.45, 7) is 7.27. The zero-order valence-corrected chi connectivity index (χ0v) is 16.4. The van der Waals surface area contributed by atoms with Gasteiger partial charge in [-0.1, -0.05) is 13.3 Å². The van der Waals surface area contributed by atoms with E-state index in [0.29, 0.717) is 25.1 Å². The Balaban J connectivity index is 1.61. The van der Waals surface area contributed by atoms with Gasteiger partial charge in [0.2, 0.25) is 5.91 Å². The van der Waals surface area contributed by atoms with Gasteiger partial charge in [-0.2, -0.15) is 0 Å². The third kappa shape index (κ3) is 4.62. The zero-order chi connectivity index (χ0) is 19.4. The highest BCUT2D eigenvalue weighted by Gasteiger charge is 2.24. The van der Waals surface area contributed by atoms with E-state index in [4.69, 9.17) is 0 Å². The Kier molecular flexibility index (Phi) is 6.04. The predicted octanol–water partition coefficient (Wildman–Crippen LogP) is 3.16. The maximum absolute atomic E-state index is 12.9. The molecule has 0 saturated carbocycles. The molecule has 0 spiro atoms. The number of aromatic nitrogens is 2. The molecule has 27 heavy (non-hydrogen) atoms. The van der Waals surface area contributed by atoms with E-state index in [1.807, 2.05) is 36.9 Å².